The van der Waals surface area contributed by atoms with Gasteiger partial charge in [-0.15, -0.1) is 6.58 Å². The van der Waals surface area contributed by atoms with E-state index in [1.54, 1.807) is 24.3 Å². The SMILES string of the molecule is C=CCn1c(=S)[nH]c2cc(C(=O)NCCc3ccc(OCC)c(OCC)c3)ccc2c1=O. The third-order valence-electron chi connectivity index (χ3n) is 4.86. The van der Waals surface area contributed by atoms with Crippen LogP contribution in [0.15, 0.2) is 53.8 Å². The molecule has 0 radical (unpaired) electrons. The number of carbonyl (C=O) groups excluding carboxylic acids is 1. The number of carbonyl (C=O) groups is 1. The Balaban J connectivity index is 1.70. The maximum absolute atomic E-state index is 12.6. The van der Waals surface area contributed by atoms with Crippen molar-refractivity contribution < 1.29 is 14.3 Å². The third kappa shape index (κ3) is 5.26. The van der Waals surface area contributed by atoms with Gasteiger partial charge in [0.1, 0.15) is 0 Å². The van der Waals surface area contributed by atoms with Crippen molar-refractivity contribution in [3.8, 4) is 11.5 Å². The average Bonchev–Trinajstić information content (AvgIpc) is 2.78. The number of H-pyrrole nitrogens is 1. The standard InChI is InChI=1S/C24H27N3O4S/c1-4-13-27-23(29)18-9-8-17(15-19(18)26-24(27)32)22(28)25-12-11-16-7-10-20(30-5-2)21(14-16)31-6-3/h4,7-10,14-15H,1,5-6,11-13H2,2-3H3,(H,25,28)(H,26,32). The Hall–Kier alpha value is -3.39. The minimum Gasteiger partial charge on any atom is -0.490 e. The van der Waals surface area contributed by atoms with Gasteiger partial charge < -0.3 is 19.8 Å². The van der Waals surface area contributed by atoms with Crippen LogP contribution < -0.4 is 20.3 Å². The first-order valence-corrected chi connectivity index (χ1v) is 10.9. The number of benzene rings is 2. The molecule has 0 unspecified atom stereocenters. The first-order chi connectivity index (χ1) is 15.5. The number of fused-ring (bicyclic) bond motifs is 1. The second-order valence-electron chi connectivity index (χ2n) is 7.05. The Morgan fingerprint density at radius 1 is 1.16 bits per heavy atom. The first-order valence-electron chi connectivity index (χ1n) is 10.5. The van der Waals surface area contributed by atoms with Crippen LogP contribution in [0.5, 0.6) is 11.5 Å². The van der Waals surface area contributed by atoms with E-state index in [1.807, 2.05) is 32.0 Å². The summed E-state index contributed by atoms with van der Waals surface area (Å²) in [6, 6.07) is 10.7. The zero-order valence-electron chi connectivity index (χ0n) is 18.3. The summed E-state index contributed by atoms with van der Waals surface area (Å²) in [7, 11) is 0. The lowest BCUT2D eigenvalue weighted by atomic mass is 10.1. The first kappa shape index (κ1) is 23.3. The summed E-state index contributed by atoms with van der Waals surface area (Å²) >= 11 is 5.26. The molecule has 1 amide bonds. The predicted molar refractivity (Wildman–Crippen MR) is 128 cm³/mol. The van der Waals surface area contributed by atoms with E-state index < -0.39 is 0 Å². The van der Waals surface area contributed by atoms with E-state index in [-0.39, 0.29) is 11.5 Å². The maximum atomic E-state index is 12.6. The molecule has 2 aromatic carbocycles. The van der Waals surface area contributed by atoms with E-state index in [2.05, 4.69) is 16.9 Å². The smallest absolute Gasteiger partial charge is 0.262 e. The van der Waals surface area contributed by atoms with Crippen LogP contribution in [0.25, 0.3) is 10.9 Å². The molecule has 0 fully saturated rings. The summed E-state index contributed by atoms with van der Waals surface area (Å²) in [6.45, 7) is 9.38. The van der Waals surface area contributed by atoms with Crippen LogP contribution in [0.1, 0.15) is 29.8 Å². The average molecular weight is 454 g/mol. The van der Waals surface area contributed by atoms with E-state index in [0.29, 0.717) is 65.5 Å². The molecule has 32 heavy (non-hydrogen) atoms. The normalized spacial score (nSPS) is 10.7. The van der Waals surface area contributed by atoms with Gasteiger partial charge in [0.25, 0.3) is 11.5 Å². The number of rotatable bonds is 10. The molecule has 0 saturated carbocycles. The van der Waals surface area contributed by atoms with Gasteiger partial charge in [-0.3, -0.25) is 14.2 Å². The Labute approximate surface area is 191 Å². The van der Waals surface area contributed by atoms with Crippen molar-refractivity contribution in [2.75, 3.05) is 19.8 Å². The number of hydrogen-bond donors (Lipinski definition) is 2. The number of nitrogens with one attached hydrogen (secondary N) is 2. The molecule has 3 aromatic rings. The Morgan fingerprint density at radius 3 is 2.62 bits per heavy atom. The van der Waals surface area contributed by atoms with Crippen LogP contribution in [-0.2, 0) is 13.0 Å². The lowest BCUT2D eigenvalue weighted by Gasteiger charge is -2.13. The Kier molecular flexibility index (Phi) is 7.83. The lowest BCUT2D eigenvalue weighted by Crippen LogP contribution is -2.26. The summed E-state index contributed by atoms with van der Waals surface area (Å²) in [5.74, 6) is 1.19. The van der Waals surface area contributed by atoms with E-state index in [4.69, 9.17) is 21.7 Å². The number of ether oxygens (including phenoxy) is 2. The molecule has 8 heteroatoms. The molecule has 7 nitrogen and oxygen atoms in total. The van der Waals surface area contributed by atoms with Gasteiger partial charge in [-0.2, -0.15) is 0 Å². The van der Waals surface area contributed by atoms with Crippen molar-refractivity contribution >= 4 is 29.0 Å². The molecule has 168 valence electrons. The second-order valence-corrected chi connectivity index (χ2v) is 7.43. The fourth-order valence-electron chi connectivity index (χ4n) is 3.36. The molecular formula is C24H27N3O4S. The molecule has 0 spiro atoms. The van der Waals surface area contributed by atoms with Gasteiger partial charge in [0.2, 0.25) is 0 Å². The zero-order valence-corrected chi connectivity index (χ0v) is 19.1. The monoisotopic (exact) mass is 453 g/mol. The molecule has 3 rings (SSSR count). The molecule has 0 bridgehead atoms. The predicted octanol–water partition coefficient (Wildman–Crippen LogP) is 4.01. The highest BCUT2D eigenvalue weighted by Gasteiger charge is 2.11. The second kappa shape index (κ2) is 10.8. The van der Waals surface area contributed by atoms with Crippen LogP contribution in [0, 0.1) is 4.77 Å². The Morgan fingerprint density at radius 2 is 1.91 bits per heavy atom. The van der Waals surface area contributed by atoms with E-state index in [9.17, 15) is 9.59 Å². The van der Waals surface area contributed by atoms with Gasteiger partial charge in [0, 0.05) is 18.7 Å². The topological polar surface area (TPSA) is 85.3 Å². The van der Waals surface area contributed by atoms with Gasteiger partial charge in [0.15, 0.2) is 16.3 Å². The zero-order chi connectivity index (χ0) is 23.1. The fourth-order valence-corrected chi connectivity index (χ4v) is 3.63. The highest BCUT2D eigenvalue weighted by atomic mass is 32.1. The van der Waals surface area contributed by atoms with Gasteiger partial charge in [-0.05, 0) is 68.4 Å². The molecule has 0 aliphatic heterocycles. The van der Waals surface area contributed by atoms with Crippen LogP contribution in [0.2, 0.25) is 0 Å². The van der Waals surface area contributed by atoms with E-state index in [1.165, 1.54) is 4.57 Å². The van der Waals surface area contributed by atoms with Crippen molar-refractivity contribution in [1.82, 2.24) is 14.9 Å². The van der Waals surface area contributed by atoms with E-state index >= 15 is 0 Å². The van der Waals surface area contributed by atoms with Gasteiger partial charge in [0.05, 0.1) is 24.1 Å². The Bertz CT molecular complexity index is 1250. The number of amides is 1. The van der Waals surface area contributed by atoms with Crippen molar-refractivity contribution in [2.24, 2.45) is 0 Å². The number of hydrogen-bond acceptors (Lipinski definition) is 5. The van der Waals surface area contributed by atoms with Gasteiger partial charge >= 0.3 is 0 Å². The quantitative estimate of drug-likeness (QED) is 0.358. The van der Waals surface area contributed by atoms with Crippen molar-refractivity contribution in [1.29, 1.82) is 0 Å². The highest BCUT2D eigenvalue weighted by molar-refractivity contribution is 7.71. The van der Waals surface area contributed by atoms with Crippen LogP contribution in [-0.4, -0.2) is 35.2 Å². The molecular weight excluding hydrogens is 426 g/mol. The number of aromatic nitrogens is 2. The molecule has 0 atom stereocenters. The maximum Gasteiger partial charge on any atom is 0.262 e. The van der Waals surface area contributed by atoms with Crippen molar-refractivity contribution in [2.45, 2.75) is 26.8 Å². The minimum atomic E-state index is -0.225. The molecule has 2 N–H and O–H groups in total. The molecule has 1 heterocycles. The van der Waals surface area contributed by atoms with Crippen molar-refractivity contribution in [3.63, 3.8) is 0 Å². The fraction of sp³-hybridized carbons (Fsp3) is 0.292. The summed E-state index contributed by atoms with van der Waals surface area (Å²) in [4.78, 5) is 28.3. The number of allylic oxidation sites excluding steroid dienone is 1. The van der Waals surface area contributed by atoms with Crippen LogP contribution in [0.3, 0.4) is 0 Å². The van der Waals surface area contributed by atoms with E-state index in [0.717, 1.165) is 5.56 Å². The number of aromatic amines is 1. The summed E-state index contributed by atoms with van der Waals surface area (Å²) in [6.07, 6.45) is 2.25. The minimum absolute atomic E-state index is 0.212. The highest BCUT2D eigenvalue weighted by Crippen LogP contribution is 2.28. The largest absolute Gasteiger partial charge is 0.490 e. The summed E-state index contributed by atoms with van der Waals surface area (Å²) in [5, 5.41) is 3.38. The van der Waals surface area contributed by atoms with Crippen LogP contribution >= 0.6 is 12.2 Å². The van der Waals surface area contributed by atoms with Crippen molar-refractivity contribution in [3.05, 3.63) is 75.3 Å². The summed E-state index contributed by atoms with van der Waals surface area (Å²) in [5.41, 5.74) is 1.80. The third-order valence-corrected chi connectivity index (χ3v) is 5.19. The van der Waals surface area contributed by atoms with Crippen LogP contribution in [0.4, 0.5) is 0 Å². The summed E-state index contributed by atoms with van der Waals surface area (Å²) < 4.78 is 13.0. The molecule has 0 aliphatic carbocycles. The number of nitrogens with zero attached hydrogens (tertiary/aromatic N) is 1. The van der Waals surface area contributed by atoms with Gasteiger partial charge in [-0.25, -0.2) is 0 Å². The lowest BCUT2D eigenvalue weighted by molar-refractivity contribution is 0.0954. The molecule has 0 aliphatic rings. The van der Waals surface area contributed by atoms with Gasteiger partial charge in [-0.1, -0.05) is 12.1 Å². The molecule has 0 saturated heterocycles. The molecule has 1 aromatic heterocycles.